The van der Waals surface area contributed by atoms with E-state index < -0.39 is 17.6 Å². The number of benzene rings is 1. The molecule has 4 N–H and O–H groups in total. The minimum atomic E-state index is -4.55. The summed E-state index contributed by atoms with van der Waals surface area (Å²) in [6.45, 7) is 5.65. The zero-order valence-electron chi connectivity index (χ0n) is 21.6. The summed E-state index contributed by atoms with van der Waals surface area (Å²) < 4.78 is 42.4. The SMILES string of the molecule is Cc1ncc(C(=O)Nc2cc(CN3CCCC3)cc(C(F)(F)F)c2)cc1N(N)CC(=N)c1cnn(C)c1C. The first-order chi connectivity index (χ1) is 17.9. The molecular weight excluding hydrogens is 497 g/mol. The number of nitrogens with zero attached hydrogens (tertiary/aromatic N) is 5. The van der Waals surface area contributed by atoms with Crippen LogP contribution in [-0.2, 0) is 19.8 Å². The van der Waals surface area contributed by atoms with Crippen molar-refractivity contribution >= 4 is 23.0 Å². The number of likely N-dealkylation sites (tertiary alicyclic amines) is 1. The van der Waals surface area contributed by atoms with Crippen molar-refractivity contribution in [2.75, 3.05) is 30.0 Å². The molecule has 0 spiro atoms. The third-order valence-corrected chi connectivity index (χ3v) is 6.70. The molecule has 3 heterocycles. The lowest BCUT2D eigenvalue weighted by atomic mass is 10.1. The standard InChI is InChI=1S/C26H31F3N8O/c1-16-24(37(31)15-23(30)22-13-33-35(3)17(22)2)10-19(12-32-16)25(38)34-21-9-18(14-36-6-4-5-7-36)8-20(11-21)26(27,28)29/h8-13,30H,4-7,14-15,31H2,1-3H3,(H,34,38). The molecule has 0 saturated carbocycles. The second-order valence-electron chi connectivity index (χ2n) is 9.56. The van der Waals surface area contributed by atoms with Crippen molar-refractivity contribution in [3.05, 3.63) is 70.3 Å². The average Bonchev–Trinajstić information content (AvgIpc) is 3.48. The number of carbonyl (C=O) groups is 1. The number of carbonyl (C=O) groups excluding carboxylic acids is 1. The van der Waals surface area contributed by atoms with Gasteiger partial charge in [-0.2, -0.15) is 18.3 Å². The smallest absolute Gasteiger partial charge is 0.322 e. The number of hydrogen-bond acceptors (Lipinski definition) is 7. The number of rotatable bonds is 8. The maximum atomic E-state index is 13.6. The number of hydrazine groups is 1. The fraction of sp³-hybridized carbons (Fsp3) is 0.385. The summed E-state index contributed by atoms with van der Waals surface area (Å²) in [4.78, 5) is 19.4. The number of aryl methyl sites for hydroxylation is 2. The molecule has 1 saturated heterocycles. The van der Waals surface area contributed by atoms with E-state index >= 15 is 0 Å². The quantitative estimate of drug-likeness (QED) is 0.231. The highest BCUT2D eigenvalue weighted by atomic mass is 19.4. The largest absolute Gasteiger partial charge is 0.416 e. The number of hydrogen-bond donors (Lipinski definition) is 3. The van der Waals surface area contributed by atoms with E-state index in [1.807, 2.05) is 6.92 Å². The zero-order valence-corrected chi connectivity index (χ0v) is 21.6. The Morgan fingerprint density at radius 3 is 2.50 bits per heavy atom. The molecule has 1 fully saturated rings. The van der Waals surface area contributed by atoms with E-state index in [0.717, 1.165) is 43.8 Å². The van der Waals surface area contributed by atoms with Gasteiger partial charge in [-0.1, -0.05) is 0 Å². The summed E-state index contributed by atoms with van der Waals surface area (Å²) in [5.41, 5.74) is 2.51. The van der Waals surface area contributed by atoms with Gasteiger partial charge in [0.2, 0.25) is 0 Å². The lowest BCUT2D eigenvalue weighted by Gasteiger charge is -2.21. The fourth-order valence-corrected chi connectivity index (χ4v) is 4.49. The lowest BCUT2D eigenvalue weighted by Crippen LogP contribution is -2.37. The second-order valence-corrected chi connectivity index (χ2v) is 9.56. The monoisotopic (exact) mass is 528 g/mol. The highest BCUT2D eigenvalue weighted by Gasteiger charge is 2.31. The van der Waals surface area contributed by atoms with E-state index in [2.05, 4.69) is 20.3 Å². The molecule has 12 heteroatoms. The number of nitrogens with one attached hydrogen (secondary N) is 2. The molecule has 0 bridgehead atoms. The van der Waals surface area contributed by atoms with E-state index in [-0.39, 0.29) is 23.5 Å². The molecular formula is C26H31F3N8O. The highest BCUT2D eigenvalue weighted by Crippen LogP contribution is 2.33. The predicted octanol–water partition coefficient (Wildman–Crippen LogP) is 4.05. The Hall–Kier alpha value is -3.77. The van der Waals surface area contributed by atoms with Crippen LogP contribution in [0.1, 0.15) is 51.3 Å². The van der Waals surface area contributed by atoms with Crippen molar-refractivity contribution < 1.29 is 18.0 Å². The van der Waals surface area contributed by atoms with Gasteiger partial charge in [0.15, 0.2) is 0 Å². The van der Waals surface area contributed by atoms with Crippen molar-refractivity contribution in [2.24, 2.45) is 12.9 Å². The molecule has 9 nitrogen and oxygen atoms in total. The van der Waals surface area contributed by atoms with Crippen LogP contribution in [0, 0.1) is 19.3 Å². The van der Waals surface area contributed by atoms with Crippen LogP contribution >= 0.6 is 0 Å². The number of halogens is 3. The molecule has 2 aromatic heterocycles. The van der Waals surface area contributed by atoms with Gasteiger partial charge in [-0.3, -0.25) is 19.4 Å². The molecule has 38 heavy (non-hydrogen) atoms. The summed E-state index contributed by atoms with van der Waals surface area (Å²) in [6.07, 6.45) is 0.427. The van der Waals surface area contributed by atoms with Crippen molar-refractivity contribution in [3.63, 3.8) is 0 Å². The van der Waals surface area contributed by atoms with Crippen LogP contribution in [0.15, 0.2) is 36.7 Å². The average molecular weight is 529 g/mol. The van der Waals surface area contributed by atoms with E-state index in [1.165, 1.54) is 17.3 Å². The van der Waals surface area contributed by atoms with Gasteiger partial charge in [0, 0.05) is 36.7 Å². The van der Waals surface area contributed by atoms with Crippen LogP contribution < -0.4 is 16.2 Å². The molecule has 1 aliphatic heterocycles. The molecule has 0 aliphatic carbocycles. The number of pyridine rings is 1. The summed E-state index contributed by atoms with van der Waals surface area (Å²) in [5.74, 6) is 5.63. The Balaban J connectivity index is 1.53. The van der Waals surface area contributed by atoms with Crippen LogP contribution in [0.3, 0.4) is 0 Å². The van der Waals surface area contributed by atoms with E-state index in [0.29, 0.717) is 29.1 Å². The van der Waals surface area contributed by atoms with Crippen molar-refractivity contribution in [3.8, 4) is 0 Å². The minimum Gasteiger partial charge on any atom is -0.322 e. The maximum Gasteiger partial charge on any atom is 0.416 e. The summed E-state index contributed by atoms with van der Waals surface area (Å²) in [5, 5.41) is 16.5. The molecule has 0 atom stereocenters. The topological polar surface area (TPSA) is 116 Å². The maximum absolute atomic E-state index is 13.6. The Bertz CT molecular complexity index is 1340. The summed E-state index contributed by atoms with van der Waals surface area (Å²) in [6, 6.07) is 5.14. The first-order valence-corrected chi connectivity index (χ1v) is 12.2. The lowest BCUT2D eigenvalue weighted by molar-refractivity contribution is -0.137. The summed E-state index contributed by atoms with van der Waals surface area (Å²) >= 11 is 0. The van der Waals surface area contributed by atoms with E-state index in [1.54, 1.807) is 30.9 Å². The van der Waals surface area contributed by atoms with Crippen LogP contribution in [0.2, 0.25) is 0 Å². The summed E-state index contributed by atoms with van der Waals surface area (Å²) in [7, 11) is 1.78. The van der Waals surface area contributed by atoms with Gasteiger partial charge in [0.05, 0.1) is 41.0 Å². The van der Waals surface area contributed by atoms with Gasteiger partial charge < -0.3 is 15.7 Å². The van der Waals surface area contributed by atoms with Gasteiger partial charge in [0.25, 0.3) is 5.91 Å². The van der Waals surface area contributed by atoms with Crippen molar-refractivity contribution in [1.29, 1.82) is 5.41 Å². The highest BCUT2D eigenvalue weighted by molar-refractivity contribution is 6.05. The molecule has 4 rings (SSSR count). The van der Waals surface area contributed by atoms with Crippen molar-refractivity contribution in [1.82, 2.24) is 19.7 Å². The van der Waals surface area contributed by atoms with Gasteiger partial charge in [-0.25, -0.2) is 5.84 Å². The van der Waals surface area contributed by atoms with Gasteiger partial charge in [-0.15, -0.1) is 0 Å². The molecule has 202 valence electrons. The molecule has 1 aromatic carbocycles. The van der Waals surface area contributed by atoms with Gasteiger partial charge in [-0.05, 0) is 69.6 Å². The molecule has 1 amide bonds. The second kappa shape index (κ2) is 10.9. The molecule has 0 unspecified atom stereocenters. The molecule has 1 aliphatic rings. The predicted molar refractivity (Wildman–Crippen MR) is 139 cm³/mol. The zero-order chi connectivity index (χ0) is 27.6. The Kier molecular flexibility index (Phi) is 7.83. The fourth-order valence-electron chi connectivity index (χ4n) is 4.49. The number of nitrogens with two attached hydrogens (primary N) is 1. The number of amides is 1. The van der Waals surface area contributed by atoms with Crippen LogP contribution in [0.25, 0.3) is 0 Å². The first-order valence-electron chi connectivity index (χ1n) is 12.2. The number of anilines is 2. The van der Waals surface area contributed by atoms with Gasteiger partial charge in [0.1, 0.15) is 0 Å². The number of aromatic nitrogens is 3. The molecule has 3 aromatic rings. The van der Waals surface area contributed by atoms with E-state index in [9.17, 15) is 18.0 Å². The van der Waals surface area contributed by atoms with Crippen LogP contribution in [-0.4, -0.2) is 50.9 Å². The Labute approximate surface area is 218 Å². The van der Waals surface area contributed by atoms with Crippen LogP contribution in [0.5, 0.6) is 0 Å². The van der Waals surface area contributed by atoms with Crippen molar-refractivity contribution in [2.45, 2.75) is 39.4 Å². The molecule has 0 radical (unpaired) electrons. The Morgan fingerprint density at radius 2 is 1.87 bits per heavy atom. The minimum absolute atomic E-state index is 0.0353. The van der Waals surface area contributed by atoms with Gasteiger partial charge >= 0.3 is 6.18 Å². The third-order valence-electron chi connectivity index (χ3n) is 6.70. The number of alkyl halides is 3. The first kappa shape index (κ1) is 27.3. The normalized spacial score (nSPS) is 14.1. The van der Waals surface area contributed by atoms with E-state index in [4.69, 9.17) is 11.3 Å². The third kappa shape index (κ3) is 6.20. The van der Waals surface area contributed by atoms with Crippen LogP contribution in [0.4, 0.5) is 24.5 Å². The Morgan fingerprint density at radius 1 is 1.16 bits per heavy atom.